The Labute approximate surface area is 131 Å². The molecule has 1 saturated carbocycles. The van der Waals surface area contributed by atoms with Gasteiger partial charge in [0.1, 0.15) is 0 Å². The molecule has 0 spiro atoms. The van der Waals surface area contributed by atoms with Gasteiger partial charge in [-0.05, 0) is 31.0 Å². The van der Waals surface area contributed by atoms with Gasteiger partial charge in [-0.2, -0.15) is 0 Å². The number of benzene rings is 2. The maximum absolute atomic E-state index is 12.8. The van der Waals surface area contributed by atoms with E-state index in [1.165, 1.54) is 12.8 Å². The summed E-state index contributed by atoms with van der Waals surface area (Å²) in [6.45, 7) is 4.07. The monoisotopic (exact) mass is 295 g/mol. The lowest BCUT2D eigenvalue weighted by Gasteiger charge is -2.17. The van der Waals surface area contributed by atoms with Crippen molar-refractivity contribution in [3.8, 4) is 0 Å². The number of nitrogens with two attached hydrogens (primary N) is 1. The van der Waals surface area contributed by atoms with E-state index in [4.69, 9.17) is 0 Å². The zero-order valence-corrected chi connectivity index (χ0v) is 13.2. The number of hydrogen-bond donors (Lipinski definition) is 2. The molecule has 0 radical (unpaired) electrons. The Morgan fingerprint density at radius 2 is 1.86 bits per heavy atom. The summed E-state index contributed by atoms with van der Waals surface area (Å²) in [4.78, 5) is 12.8. The van der Waals surface area contributed by atoms with Crippen molar-refractivity contribution in [2.45, 2.75) is 38.8 Å². The lowest BCUT2D eigenvalue weighted by Crippen LogP contribution is -2.88. The van der Waals surface area contributed by atoms with Crippen LogP contribution in [0.4, 0.5) is 5.69 Å². The van der Waals surface area contributed by atoms with Crippen LogP contribution in [0, 0.1) is 13.8 Å². The molecule has 1 aliphatic rings. The fourth-order valence-electron chi connectivity index (χ4n) is 2.65. The van der Waals surface area contributed by atoms with Crippen LogP contribution in [0.15, 0.2) is 48.5 Å². The highest BCUT2D eigenvalue weighted by Crippen LogP contribution is 2.21. The Morgan fingerprint density at radius 1 is 1.14 bits per heavy atom. The lowest BCUT2D eigenvalue weighted by atomic mass is 10.1. The van der Waals surface area contributed by atoms with Crippen molar-refractivity contribution in [2.24, 2.45) is 0 Å². The van der Waals surface area contributed by atoms with Gasteiger partial charge < -0.3 is 10.6 Å². The van der Waals surface area contributed by atoms with E-state index >= 15 is 0 Å². The molecule has 3 heteroatoms. The van der Waals surface area contributed by atoms with Gasteiger partial charge >= 0.3 is 0 Å². The molecule has 1 amide bonds. The predicted octanol–water partition coefficient (Wildman–Crippen LogP) is 2.71. The minimum absolute atomic E-state index is 0.0619. The summed E-state index contributed by atoms with van der Waals surface area (Å²) in [6, 6.07) is 16.6. The van der Waals surface area contributed by atoms with E-state index in [9.17, 15) is 4.79 Å². The van der Waals surface area contributed by atoms with Crippen LogP contribution in [0.3, 0.4) is 0 Å². The molecular formula is C19H23N2O+. The fraction of sp³-hybridized carbons (Fsp3) is 0.316. The molecular weight excluding hydrogens is 272 g/mol. The van der Waals surface area contributed by atoms with E-state index in [-0.39, 0.29) is 11.9 Å². The summed E-state index contributed by atoms with van der Waals surface area (Å²) in [5.74, 6) is 0.0619. The van der Waals surface area contributed by atoms with E-state index in [2.05, 4.69) is 16.7 Å². The van der Waals surface area contributed by atoms with Crippen molar-refractivity contribution < 1.29 is 10.1 Å². The Morgan fingerprint density at radius 3 is 2.55 bits per heavy atom. The molecule has 3 rings (SSSR count). The SMILES string of the molecule is Cc1ccc(C)c(NC(=O)[C@@H]([NH2+]C2CC2)c2ccccc2)c1. The average molecular weight is 295 g/mol. The molecule has 0 bridgehead atoms. The number of rotatable bonds is 5. The number of hydrogen-bond acceptors (Lipinski definition) is 1. The first-order chi connectivity index (χ1) is 10.6. The quantitative estimate of drug-likeness (QED) is 0.875. The van der Waals surface area contributed by atoms with Gasteiger partial charge in [0.05, 0.1) is 6.04 Å². The maximum Gasteiger partial charge on any atom is 0.287 e. The Kier molecular flexibility index (Phi) is 4.25. The molecule has 1 fully saturated rings. The van der Waals surface area contributed by atoms with Crippen LogP contribution in [0.5, 0.6) is 0 Å². The van der Waals surface area contributed by atoms with Crippen LogP contribution < -0.4 is 10.6 Å². The van der Waals surface area contributed by atoms with E-state index in [1.807, 2.05) is 56.3 Å². The first kappa shape index (κ1) is 14.8. The van der Waals surface area contributed by atoms with E-state index < -0.39 is 0 Å². The van der Waals surface area contributed by atoms with Crippen molar-refractivity contribution >= 4 is 11.6 Å². The highest BCUT2D eigenvalue weighted by atomic mass is 16.2. The number of amides is 1. The Bertz CT molecular complexity index is 662. The number of carbonyl (C=O) groups excluding carboxylic acids is 1. The maximum atomic E-state index is 12.8. The summed E-state index contributed by atoms with van der Waals surface area (Å²) < 4.78 is 0. The second-order valence-electron chi connectivity index (χ2n) is 6.23. The highest BCUT2D eigenvalue weighted by molar-refractivity contribution is 5.95. The number of aryl methyl sites for hydroxylation is 2. The zero-order chi connectivity index (χ0) is 15.5. The van der Waals surface area contributed by atoms with Crippen LogP contribution in [0.25, 0.3) is 0 Å². The first-order valence-corrected chi connectivity index (χ1v) is 7.91. The van der Waals surface area contributed by atoms with Crippen LogP contribution in [-0.4, -0.2) is 11.9 Å². The van der Waals surface area contributed by atoms with Gasteiger partial charge in [0.2, 0.25) is 0 Å². The molecule has 0 aliphatic heterocycles. The highest BCUT2D eigenvalue weighted by Gasteiger charge is 2.33. The third-order valence-corrected chi connectivity index (χ3v) is 4.18. The lowest BCUT2D eigenvalue weighted by molar-refractivity contribution is -0.695. The molecule has 2 aromatic rings. The molecule has 0 unspecified atom stereocenters. The molecule has 2 aromatic carbocycles. The van der Waals surface area contributed by atoms with Gasteiger partial charge in [0, 0.05) is 24.1 Å². The van der Waals surface area contributed by atoms with Gasteiger partial charge in [-0.1, -0.05) is 42.5 Å². The number of quaternary nitrogens is 1. The zero-order valence-electron chi connectivity index (χ0n) is 13.2. The molecule has 1 atom stereocenters. The van der Waals surface area contributed by atoms with E-state index in [0.717, 1.165) is 22.4 Å². The van der Waals surface area contributed by atoms with Gasteiger partial charge in [-0.15, -0.1) is 0 Å². The normalized spacial score (nSPS) is 15.4. The molecule has 0 aromatic heterocycles. The minimum atomic E-state index is -0.173. The third kappa shape index (κ3) is 3.55. The average Bonchev–Trinajstić information content (AvgIpc) is 3.33. The van der Waals surface area contributed by atoms with Gasteiger partial charge in [0.15, 0.2) is 6.04 Å². The van der Waals surface area contributed by atoms with Gasteiger partial charge in [0.25, 0.3) is 5.91 Å². The Balaban J connectivity index is 1.81. The second-order valence-corrected chi connectivity index (χ2v) is 6.23. The molecule has 22 heavy (non-hydrogen) atoms. The fourth-order valence-corrected chi connectivity index (χ4v) is 2.65. The summed E-state index contributed by atoms with van der Waals surface area (Å²) in [5, 5.41) is 5.32. The van der Waals surface area contributed by atoms with Crippen molar-refractivity contribution in [1.29, 1.82) is 0 Å². The third-order valence-electron chi connectivity index (χ3n) is 4.18. The molecule has 114 valence electrons. The van der Waals surface area contributed by atoms with Crippen molar-refractivity contribution in [1.82, 2.24) is 0 Å². The molecule has 0 saturated heterocycles. The van der Waals surface area contributed by atoms with Crippen LogP contribution in [0.1, 0.15) is 35.6 Å². The standard InChI is InChI=1S/C19H22N2O/c1-13-8-9-14(2)17(12-13)21-19(22)18(20-16-10-11-16)15-6-4-3-5-7-15/h3-9,12,16,18,20H,10-11H2,1-2H3,(H,21,22)/p+1/t18-/m0/s1. The second kappa shape index (κ2) is 6.32. The summed E-state index contributed by atoms with van der Waals surface area (Å²) in [7, 11) is 0. The van der Waals surface area contributed by atoms with Crippen molar-refractivity contribution in [2.75, 3.05) is 5.32 Å². The number of nitrogens with one attached hydrogen (secondary N) is 1. The number of carbonyl (C=O) groups is 1. The van der Waals surface area contributed by atoms with E-state index in [0.29, 0.717) is 6.04 Å². The minimum Gasteiger partial charge on any atom is -0.330 e. The van der Waals surface area contributed by atoms with Gasteiger partial charge in [-0.25, -0.2) is 0 Å². The Hall–Kier alpha value is -2.13. The van der Waals surface area contributed by atoms with Crippen LogP contribution in [0.2, 0.25) is 0 Å². The molecule has 0 heterocycles. The van der Waals surface area contributed by atoms with Crippen LogP contribution >= 0.6 is 0 Å². The summed E-state index contributed by atoms with van der Waals surface area (Å²) in [5.41, 5.74) is 4.23. The smallest absolute Gasteiger partial charge is 0.287 e. The first-order valence-electron chi connectivity index (χ1n) is 7.91. The summed E-state index contributed by atoms with van der Waals surface area (Å²) in [6.07, 6.45) is 2.42. The molecule has 3 nitrogen and oxygen atoms in total. The number of anilines is 1. The summed E-state index contributed by atoms with van der Waals surface area (Å²) >= 11 is 0. The van der Waals surface area contributed by atoms with Crippen LogP contribution in [-0.2, 0) is 4.79 Å². The van der Waals surface area contributed by atoms with Crippen molar-refractivity contribution in [3.63, 3.8) is 0 Å². The molecule has 1 aliphatic carbocycles. The topological polar surface area (TPSA) is 45.7 Å². The van der Waals surface area contributed by atoms with E-state index in [1.54, 1.807) is 0 Å². The van der Waals surface area contributed by atoms with Crippen molar-refractivity contribution in [3.05, 3.63) is 65.2 Å². The molecule has 3 N–H and O–H groups in total. The predicted molar refractivity (Wildman–Crippen MR) is 88.7 cm³/mol. The largest absolute Gasteiger partial charge is 0.330 e. The van der Waals surface area contributed by atoms with Gasteiger partial charge in [-0.3, -0.25) is 4.79 Å².